The van der Waals surface area contributed by atoms with E-state index in [1.54, 1.807) is 0 Å². The predicted molar refractivity (Wildman–Crippen MR) is 42.4 cm³/mol. The average Bonchev–Trinajstić information content (AvgIpc) is 2.16. The van der Waals surface area contributed by atoms with Crippen LogP contribution in [0.3, 0.4) is 0 Å². The monoisotopic (exact) mass is 235 g/mol. The van der Waals surface area contributed by atoms with Crippen molar-refractivity contribution in [2.24, 2.45) is 0 Å². The fourth-order valence-electron chi connectivity index (χ4n) is 0.852. The number of halogens is 3. The minimum absolute atomic E-state index is 0.000699. The van der Waals surface area contributed by atoms with Gasteiger partial charge in [0.2, 0.25) is 5.82 Å². The van der Waals surface area contributed by atoms with E-state index in [2.05, 4.69) is 14.7 Å². The zero-order valence-electron chi connectivity index (χ0n) is 8.04. The first-order valence-electron chi connectivity index (χ1n) is 4.14. The van der Waals surface area contributed by atoms with Gasteiger partial charge < -0.3 is 9.84 Å². The van der Waals surface area contributed by atoms with Crippen molar-refractivity contribution < 1.29 is 27.8 Å². The predicted octanol–water partition coefficient (Wildman–Crippen LogP) is 0.746. The number of carbonyl (C=O) groups excluding carboxylic acids is 1. The number of nitrogens with zero attached hydrogens (tertiary/aromatic N) is 2. The van der Waals surface area contributed by atoms with E-state index in [4.69, 9.17) is 0 Å². The minimum Gasteiger partial charge on any atom is -0.858 e. The van der Waals surface area contributed by atoms with E-state index >= 15 is 0 Å². The molecule has 1 aromatic rings. The van der Waals surface area contributed by atoms with Gasteiger partial charge in [-0.3, -0.25) is 0 Å². The number of aromatic nitrogens is 2. The molecule has 0 saturated carbocycles. The second-order valence-corrected chi connectivity index (χ2v) is 2.63. The zero-order chi connectivity index (χ0) is 12.3. The molecule has 88 valence electrons. The Labute approximate surface area is 87.9 Å². The van der Waals surface area contributed by atoms with E-state index in [0.717, 1.165) is 0 Å². The highest BCUT2D eigenvalue weighted by atomic mass is 19.4. The van der Waals surface area contributed by atoms with E-state index in [0.29, 0.717) is 6.20 Å². The van der Waals surface area contributed by atoms with Gasteiger partial charge in [0.05, 0.1) is 12.2 Å². The molecule has 0 atom stereocenters. The molecular formula is C8H6F3N2O3-. The lowest BCUT2D eigenvalue weighted by Crippen LogP contribution is -2.17. The van der Waals surface area contributed by atoms with Gasteiger partial charge in [-0.1, -0.05) is 0 Å². The highest BCUT2D eigenvalue weighted by Crippen LogP contribution is 2.27. The molecule has 8 heteroatoms. The fourth-order valence-corrected chi connectivity index (χ4v) is 0.852. The van der Waals surface area contributed by atoms with Crippen LogP contribution in [0, 0.1) is 0 Å². The van der Waals surface area contributed by atoms with Crippen LogP contribution in [0.4, 0.5) is 13.2 Å². The van der Waals surface area contributed by atoms with Gasteiger partial charge >= 0.3 is 12.1 Å². The van der Waals surface area contributed by atoms with Crippen LogP contribution >= 0.6 is 0 Å². The molecule has 0 radical (unpaired) electrons. The number of rotatable bonds is 2. The second-order valence-electron chi connectivity index (χ2n) is 2.63. The Morgan fingerprint density at radius 3 is 2.62 bits per heavy atom. The normalized spacial score (nSPS) is 11.2. The van der Waals surface area contributed by atoms with Gasteiger partial charge in [0, 0.05) is 12.1 Å². The number of esters is 1. The Hall–Kier alpha value is -1.86. The van der Waals surface area contributed by atoms with Crippen LogP contribution in [0.2, 0.25) is 0 Å². The summed E-state index contributed by atoms with van der Waals surface area (Å²) in [5.74, 6) is -3.92. The maximum Gasteiger partial charge on any atom is 0.451 e. The molecule has 0 aliphatic carbocycles. The Morgan fingerprint density at radius 2 is 2.19 bits per heavy atom. The van der Waals surface area contributed by atoms with Gasteiger partial charge in [0.1, 0.15) is 0 Å². The van der Waals surface area contributed by atoms with Crippen LogP contribution in [0.5, 0.6) is 5.88 Å². The van der Waals surface area contributed by atoms with Crippen LogP contribution in [-0.4, -0.2) is 22.5 Å². The molecule has 0 bridgehead atoms. The molecule has 0 unspecified atom stereocenters. The standard InChI is InChI=1S/C8H7F3N2O3/c1-2-16-6(15)4-3-12-7(8(9,10)11)13-5(4)14/h3H,2H2,1H3,(H,12,13,14)/p-1. The van der Waals surface area contributed by atoms with E-state index < -0.39 is 29.4 Å². The molecule has 1 rings (SSSR count). The molecule has 0 aromatic carbocycles. The van der Waals surface area contributed by atoms with E-state index in [9.17, 15) is 23.1 Å². The summed E-state index contributed by atoms with van der Waals surface area (Å²) in [4.78, 5) is 16.6. The molecule has 0 amide bonds. The van der Waals surface area contributed by atoms with Gasteiger partial charge in [0.15, 0.2) is 0 Å². The smallest absolute Gasteiger partial charge is 0.451 e. The molecule has 1 aromatic heterocycles. The van der Waals surface area contributed by atoms with Crippen LogP contribution in [-0.2, 0) is 10.9 Å². The molecule has 0 aliphatic heterocycles. The molecular weight excluding hydrogens is 229 g/mol. The molecule has 5 nitrogen and oxygen atoms in total. The summed E-state index contributed by atoms with van der Waals surface area (Å²) in [7, 11) is 0. The number of hydrogen-bond acceptors (Lipinski definition) is 5. The number of hydrogen-bond donors (Lipinski definition) is 0. The summed E-state index contributed by atoms with van der Waals surface area (Å²) in [5, 5.41) is 11.1. The first kappa shape index (κ1) is 12.2. The molecule has 0 fully saturated rings. The molecule has 1 heterocycles. The van der Waals surface area contributed by atoms with Crippen molar-refractivity contribution in [3.8, 4) is 5.88 Å². The largest absolute Gasteiger partial charge is 0.858 e. The quantitative estimate of drug-likeness (QED) is 0.707. The molecule has 16 heavy (non-hydrogen) atoms. The van der Waals surface area contributed by atoms with Crippen molar-refractivity contribution in [2.45, 2.75) is 13.1 Å². The molecule has 0 N–H and O–H groups in total. The average molecular weight is 235 g/mol. The van der Waals surface area contributed by atoms with Gasteiger partial charge in [-0.05, 0) is 6.92 Å². The molecule has 0 saturated heterocycles. The lowest BCUT2D eigenvalue weighted by atomic mass is 10.3. The third kappa shape index (κ3) is 2.59. The van der Waals surface area contributed by atoms with E-state index in [-0.39, 0.29) is 6.61 Å². The highest BCUT2D eigenvalue weighted by Gasteiger charge is 2.34. The third-order valence-electron chi connectivity index (χ3n) is 1.50. The van der Waals surface area contributed by atoms with E-state index in [1.165, 1.54) is 6.92 Å². The maximum absolute atomic E-state index is 12.1. The topological polar surface area (TPSA) is 75.1 Å². The van der Waals surface area contributed by atoms with Crippen molar-refractivity contribution in [2.75, 3.05) is 6.61 Å². The number of alkyl halides is 3. The minimum atomic E-state index is -4.81. The lowest BCUT2D eigenvalue weighted by molar-refractivity contribution is -0.277. The number of carbonyl (C=O) groups is 1. The Bertz CT molecular complexity index is 406. The maximum atomic E-state index is 12.1. The van der Waals surface area contributed by atoms with Crippen LogP contribution in [0.1, 0.15) is 23.1 Å². The SMILES string of the molecule is CCOC(=O)c1cnc(C(F)(F)F)nc1[O-]. The van der Waals surface area contributed by atoms with E-state index in [1.807, 2.05) is 0 Å². The van der Waals surface area contributed by atoms with Gasteiger partial charge in [-0.25, -0.2) is 14.8 Å². The first-order valence-corrected chi connectivity index (χ1v) is 4.14. The summed E-state index contributed by atoms with van der Waals surface area (Å²) in [6, 6.07) is 0. The zero-order valence-corrected chi connectivity index (χ0v) is 8.04. The summed E-state index contributed by atoms with van der Waals surface area (Å²) >= 11 is 0. The van der Waals surface area contributed by atoms with Crippen LogP contribution < -0.4 is 5.11 Å². The second kappa shape index (κ2) is 4.33. The first-order chi connectivity index (χ1) is 7.36. The summed E-state index contributed by atoms with van der Waals surface area (Å²) in [6.45, 7) is 1.49. The van der Waals surface area contributed by atoms with Crippen molar-refractivity contribution in [1.82, 2.24) is 9.97 Å². The van der Waals surface area contributed by atoms with Crippen LogP contribution in [0.25, 0.3) is 0 Å². The van der Waals surface area contributed by atoms with Gasteiger partial charge in [0.25, 0.3) is 0 Å². The fraction of sp³-hybridized carbons (Fsp3) is 0.375. The van der Waals surface area contributed by atoms with Gasteiger partial charge in [-0.2, -0.15) is 13.2 Å². The van der Waals surface area contributed by atoms with Crippen LogP contribution in [0.15, 0.2) is 6.20 Å². The lowest BCUT2D eigenvalue weighted by Gasteiger charge is -2.13. The highest BCUT2D eigenvalue weighted by molar-refractivity contribution is 5.91. The molecule has 0 aliphatic rings. The summed E-state index contributed by atoms with van der Waals surface area (Å²) in [5.41, 5.74) is -0.616. The summed E-state index contributed by atoms with van der Waals surface area (Å²) < 4.78 is 40.6. The number of ether oxygens (including phenoxy) is 1. The molecule has 0 spiro atoms. The Balaban J connectivity index is 3.05. The van der Waals surface area contributed by atoms with Crippen molar-refractivity contribution in [1.29, 1.82) is 0 Å². The Kier molecular flexibility index (Phi) is 3.31. The Morgan fingerprint density at radius 1 is 1.56 bits per heavy atom. The third-order valence-corrected chi connectivity index (χ3v) is 1.50. The van der Waals surface area contributed by atoms with Gasteiger partial charge in [-0.15, -0.1) is 0 Å². The summed E-state index contributed by atoms with van der Waals surface area (Å²) in [6.07, 6.45) is -4.30. The van der Waals surface area contributed by atoms with Crippen molar-refractivity contribution in [3.05, 3.63) is 17.6 Å². The van der Waals surface area contributed by atoms with Crippen molar-refractivity contribution >= 4 is 5.97 Å². The van der Waals surface area contributed by atoms with Crippen molar-refractivity contribution in [3.63, 3.8) is 0 Å².